The second-order valence-corrected chi connectivity index (χ2v) is 8.30. The highest BCUT2D eigenvalue weighted by Gasteiger charge is 2.32. The number of rotatable bonds is 7. The summed E-state index contributed by atoms with van der Waals surface area (Å²) in [4.78, 5) is 12.5. The van der Waals surface area contributed by atoms with Crippen molar-refractivity contribution in [2.24, 2.45) is 5.73 Å². The Morgan fingerprint density at radius 1 is 1.03 bits per heavy atom. The molecule has 8 nitrogen and oxygen atoms in total. The van der Waals surface area contributed by atoms with E-state index in [1.807, 2.05) is 0 Å². The Kier molecular flexibility index (Phi) is 7.23. The van der Waals surface area contributed by atoms with Gasteiger partial charge in [-0.15, -0.1) is 0 Å². The van der Waals surface area contributed by atoms with Gasteiger partial charge in [-0.3, -0.25) is 4.79 Å². The molecular weight excluding hydrogens is 484 g/mol. The number of fused-ring (bicyclic) bond motifs is 1. The highest BCUT2D eigenvalue weighted by atomic mass is 35.5. The molecule has 0 radical (unpaired) electrons. The lowest BCUT2D eigenvalue weighted by atomic mass is 9.83. The fourth-order valence-corrected chi connectivity index (χ4v) is 4.17. The van der Waals surface area contributed by atoms with Crippen LogP contribution in [-0.2, 0) is 11.2 Å². The highest BCUT2D eigenvalue weighted by Crippen LogP contribution is 2.47. The molecule has 3 aromatic carbocycles. The second-order valence-electron chi connectivity index (χ2n) is 7.86. The topological polar surface area (TPSA) is 113 Å². The predicted molar refractivity (Wildman–Crippen MR) is 133 cm³/mol. The van der Waals surface area contributed by atoms with Crippen molar-refractivity contribution in [1.82, 2.24) is 0 Å². The van der Waals surface area contributed by atoms with Crippen LogP contribution in [0.15, 0.2) is 66.1 Å². The molecule has 2 N–H and O–H groups in total. The first-order valence-corrected chi connectivity index (χ1v) is 11.2. The predicted octanol–water partition coefficient (Wildman–Crippen LogP) is 4.73. The molecule has 1 aliphatic heterocycles. The second kappa shape index (κ2) is 10.5. The third-order valence-electron chi connectivity index (χ3n) is 5.70. The van der Waals surface area contributed by atoms with Crippen LogP contribution in [0.3, 0.4) is 0 Å². The maximum absolute atomic E-state index is 12.5. The Hall–Kier alpha value is -4.35. The number of hydrogen-bond donors (Lipinski definition) is 1. The summed E-state index contributed by atoms with van der Waals surface area (Å²) in [7, 11) is 4.54. The Bertz CT molecular complexity index is 1350. The van der Waals surface area contributed by atoms with Gasteiger partial charge in [0.1, 0.15) is 23.1 Å². The number of ether oxygens (including phenoxy) is 5. The lowest BCUT2D eigenvalue weighted by Crippen LogP contribution is -2.21. The molecule has 9 heteroatoms. The van der Waals surface area contributed by atoms with Gasteiger partial charge in [-0.2, -0.15) is 5.26 Å². The summed E-state index contributed by atoms with van der Waals surface area (Å²) in [6, 6.07) is 17.5. The average Bonchev–Trinajstić information content (AvgIpc) is 2.88. The molecule has 3 aromatic rings. The third kappa shape index (κ3) is 4.88. The molecule has 184 valence electrons. The number of carbonyl (C=O) groups is 1. The fourth-order valence-electron chi connectivity index (χ4n) is 4.05. The zero-order valence-electron chi connectivity index (χ0n) is 19.8. The smallest absolute Gasteiger partial charge is 0.315 e. The van der Waals surface area contributed by atoms with Crippen LogP contribution < -0.4 is 29.4 Å². The fraction of sp³-hybridized carbons (Fsp3) is 0.185. The third-order valence-corrected chi connectivity index (χ3v) is 5.96. The van der Waals surface area contributed by atoms with Gasteiger partial charge in [0.2, 0.25) is 11.6 Å². The lowest BCUT2D eigenvalue weighted by molar-refractivity contribution is -0.133. The summed E-state index contributed by atoms with van der Waals surface area (Å²) in [5.74, 6) is 0.864. The van der Waals surface area contributed by atoms with Crippen LogP contribution in [-0.4, -0.2) is 27.3 Å². The first-order chi connectivity index (χ1) is 17.4. The van der Waals surface area contributed by atoms with E-state index < -0.39 is 11.9 Å². The number of benzene rings is 3. The molecule has 0 fully saturated rings. The van der Waals surface area contributed by atoms with Crippen LogP contribution >= 0.6 is 11.6 Å². The number of nitrogens with two attached hydrogens (primary N) is 1. The van der Waals surface area contributed by atoms with Gasteiger partial charge in [0, 0.05) is 16.7 Å². The number of halogens is 1. The molecule has 0 saturated carbocycles. The molecule has 1 heterocycles. The van der Waals surface area contributed by atoms with Gasteiger partial charge in [0.25, 0.3) is 0 Å². The standard InChI is InChI=1S/C27H23ClN2O6/c1-32-22-11-16(12-23(33-2)26(22)34-3)25-19-9-8-18(13-21(19)36-27(30)20(25)14-29)35-24(31)10-15-4-6-17(28)7-5-15/h4-9,11-13,25H,10,30H2,1-3H3. The molecule has 4 rings (SSSR count). The SMILES string of the molecule is COc1cc(C2C(C#N)=C(N)Oc3cc(OC(=O)Cc4ccc(Cl)cc4)ccc32)cc(OC)c1OC. The van der Waals surface area contributed by atoms with E-state index in [1.54, 1.807) is 54.6 Å². The molecule has 0 amide bonds. The van der Waals surface area contributed by atoms with Crippen LogP contribution in [0.2, 0.25) is 5.02 Å². The van der Waals surface area contributed by atoms with E-state index in [-0.39, 0.29) is 23.6 Å². The molecule has 36 heavy (non-hydrogen) atoms. The van der Waals surface area contributed by atoms with E-state index in [9.17, 15) is 10.1 Å². The van der Waals surface area contributed by atoms with Gasteiger partial charge in [0.05, 0.1) is 33.7 Å². The highest BCUT2D eigenvalue weighted by molar-refractivity contribution is 6.30. The van der Waals surface area contributed by atoms with Crippen LogP contribution in [0.4, 0.5) is 0 Å². The van der Waals surface area contributed by atoms with Crippen molar-refractivity contribution in [3.63, 3.8) is 0 Å². The van der Waals surface area contributed by atoms with Gasteiger partial charge < -0.3 is 29.4 Å². The van der Waals surface area contributed by atoms with Crippen molar-refractivity contribution in [3.05, 3.63) is 87.8 Å². The van der Waals surface area contributed by atoms with E-state index >= 15 is 0 Å². The van der Waals surface area contributed by atoms with E-state index in [0.717, 1.165) is 5.56 Å². The van der Waals surface area contributed by atoms with Crippen molar-refractivity contribution in [2.45, 2.75) is 12.3 Å². The normalized spacial score (nSPS) is 14.2. The van der Waals surface area contributed by atoms with Gasteiger partial charge in [0.15, 0.2) is 11.5 Å². The Balaban J connectivity index is 1.68. The summed E-state index contributed by atoms with van der Waals surface area (Å²) < 4.78 is 27.6. The number of carbonyl (C=O) groups excluding carboxylic acids is 1. The summed E-state index contributed by atoms with van der Waals surface area (Å²) in [5, 5.41) is 10.5. The maximum Gasteiger partial charge on any atom is 0.315 e. The van der Waals surface area contributed by atoms with Gasteiger partial charge >= 0.3 is 5.97 Å². The Morgan fingerprint density at radius 3 is 2.28 bits per heavy atom. The monoisotopic (exact) mass is 506 g/mol. The lowest BCUT2D eigenvalue weighted by Gasteiger charge is -2.27. The summed E-state index contributed by atoms with van der Waals surface area (Å²) >= 11 is 5.90. The van der Waals surface area contributed by atoms with Gasteiger partial charge in [-0.05, 0) is 41.5 Å². The minimum absolute atomic E-state index is 0.0478. The van der Waals surface area contributed by atoms with Crippen LogP contribution in [0, 0.1) is 11.3 Å². The zero-order valence-corrected chi connectivity index (χ0v) is 20.6. The molecule has 1 aliphatic rings. The van der Waals surface area contributed by atoms with Crippen LogP contribution in [0.1, 0.15) is 22.6 Å². The van der Waals surface area contributed by atoms with E-state index in [4.69, 9.17) is 41.0 Å². The van der Waals surface area contributed by atoms with Crippen LogP contribution in [0.25, 0.3) is 0 Å². The number of nitriles is 1. The Labute approximate surface area is 213 Å². The number of hydrogen-bond acceptors (Lipinski definition) is 8. The molecular formula is C27H23ClN2O6. The quantitative estimate of drug-likeness (QED) is 0.361. The van der Waals surface area contributed by atoms with E-state index in [0.29, 0.717) is 39.1 Å². The molecule has 1 unspecified atom stereocenters. The average molecular weight is 507 g/mol. The van der Waals surface area contributed by atoms with Crippen molar-refractivity contribution in [1.29, 1.82) is 5.26 Å². The Morgan fingerprint density at radius 2 is 1.69 bits per heavy atom. The number of esters is 1. The first-order valence-electron chi connectivity index (χ1n) is 10.8. The molecule has 0 spiro atoms. The minimum atomic E-state index is -0.578. The van der Waals surface area contributed by atoms with Gasteiger partial charge in [-0.1, -0.05) is 29.8 Å². The summed E-state index contributed by atoms with van der Waals surface area (Å²) in [6.45, 7) is 0. The van der Waals surface area contributed by atoms with Gasteiger partial charge in [-0.25, -0.2) is 0 Å². The molecule has 0 aromatic heterocycles. The zero-order chi connectivity index (χ0) is 25.8. The van der Waals surface area contributed by atoms with Crippen molar-refractivity contribution in [3.8, 4) is 34.8 Å². The molecule has 0 saturated heterocycles. The molecule has 0 bridgehead atoms. The molecule has 1 atom stereocenters. The summed E-state index contributed by atoms with van der Waals surface area (Å²) in [6.07, 6.45) is 0.0732. The van der Waals surface area contributed by atoms with Crippen molar-refractivity contribution < 1.29 is 28.5 Å². The number of allylic oxidation sites excluding steroid dienone is 1. The van der Waals surface area contributed by atoms with Crippen molar-refractivity contribution >= 4 is 17.6 Å². The number of nitrogens with zero attached hydrogens (tertiary/aromatic N) is 1. The minimum Gasteiger partial charge on any atom is -0.493 e. The molecule has 0 aliphatic carbocycles. The summed E-state index contributed by atoms with van der Waals surface area (Å²) in [5.41, 5.74) is 8.46. The first kappa shape index (κ1) is 24.8. The van der Waals surface area contributed by atoms with Crippen molar-refractivity contribution in [2.75, 3.05) is 21.3 Å². The number of methoxy groups -OCH3 is 3. The maximum atomic E-state index is 12.5. The van der Waals surface area contributed by atoms with Crippen LogP contribution in [0.5, 0.6) is 28.7 Å². The largest absolute Gasteiger partial charge is 0.493 e. The van der Waals surface area contributed by atoms with E-state index in [2.05, 4.69) is 6.07 Å². The van der Waals surface area contributed by atoms with E-state index in [1.165, 1.54) is 21.3 Å².